The van der Waals surface area contributed by atoms with Crippen LogP contribution in [-0.2, 0) is 13.0 Å². The molecule has 90 valence electrons. The summed E-state index contributed by atoms with van der Waals surface area (Å²) in [7, 11) is 0. The van der Waals surface area contributed by atoms with Crippen molar-refractivity contribution in [1.29, 1.82) is 0 Å². The molecule has 0 bridgehead atoms. The summed E-state index contributed by atoms with van der Waals surface area (Å²) >= 11 is 0. The smallest absolute Gasteiger partial charge is 0.117 e. The Morgan fingerprint density at radius 3 is 2.41 bits per heavy atom. The molecule has 0 amide bonds. The summed E-state index contributed by atoms with van der Waals surface area (Å²) < 4.78 is 5.66. The van der Waals surface area contributed by atoms with E-state index in [4.69, 9.17) is 4.42 Å². The molecule has 0 saturated carbocycles. The maximum atomic E-state index is 5.66. The maximum absolute atomic E-state index is 5.66. The molecular formula is C15H19NO. The van der Waals surface area contributed by atoms with Crippen LogP contribution in [0, 0.1) is 0 Å². The van der Waals surface area contributed by atoms with Crippen molar-refractivity contribution in [2.45, 2.75) is 32.9 Å². The van der Waals surface area contributed by atoms with Gasteiger partial charge in [0.25, 0.3) is 0 Å². The van der Waals surface area contributed by atoms with Gasteiger partial charge >= 0.3 is 0 Å². The van der Waals surface area contributed by atoms with E-state index in [1.807, 2.05) is 18.2 Å². The fourth-order valence-electron chi connectivity index (χ4n) is 1.82. The minimum atomic E-state index is 0.339. The SMILES string of the molecule is CCc1ccc(CNC(C)c2ccccc2)o1. The Balaban J connectivity index is 1.90. The second-order valence-corrected chi connectivity index (χ2v) is 4.23. The molecule has 0 spiro atoms. The summed E-state index contributed by atoms with van der Waals surface area (Å²) in [6.07, 6.45) is 0.953. The molecule has 0 aliphatic rings. The normalized spacial score (nSPS) is 12.6. The summed E-state index contributed by atoms with van der Waals surface area (Å²) in [5.74, 6) is 2.05. The van der Waals surface area contributed by atoms with Crippen molar-refractivity contribution in [1.82, 2.24) is 5.32 Å². The van der Waals surface area contributed by atoms with Gasteiger partial charge < -0.3 is 9.73 Å². The van der Waals surface area contributed by atoms with Crippen LogP contribution >= 0.6 is 0 Å². The molecule has 1 atom stereocenters. The van der Waals surface area contributed by atoms with E-state index in [1.165, 1.54) is 5.56 Å². The summed E-state index contributed by atoms with van der Waals surface area (Å²) in [6, 6.07) is 14.9. The molecule has 0 aliphatic heterocycles. The average Bonchev–Trinajstić information content (AvgIpc) is 2.85. The first-order valence-corrected chi connectivity index (χ1v) is 6.15. The molecule has 2 heteroatoms. The van der Waals surface area contributed by atoms with Crippen molar-refractivity contribution in [3.8, 4) is 0 Å². The van der Waals surface area contributed by atoms with Gasteiger partial charge in [-0.2, -0.15) is 0 Å². The van der Waals surface area contributed by atoms with Crippen LogP contribution in [0.3, 0.4) is 0 Å². The number of rotatable bonds is 5. The number of furan rings is 1. The molecule has 1 aromatic carbocycles. The van der Waals surface area contributed by atoms with Gasteiger partial charge in [0, 0.05) is 12.5 Å². The largest absolute Gasteiger partial charge is 0.465 e. The van der Waals surface area contributed by atoms with Crippen LogP contribution in [0.1, 0.15) is 37.0 Å². The van der Waals surface area contributed by atoms with E-state index < -0.39 is 0 Å². The topological polar surface area (TPSA) is 25.2 Å². The van der Waals surface area contributed by atoms with Crippen molar-refractivity contribution in [3.63, 3.8) is 0 Å². The maximum Gasteiger partial charge on any atom is 0.117 e. The molecule has 0 saturated heterocycles. The summed E-state index contributed by atoms with van der Waals surface area (Å²) in [5, 5.41) is 3.46. The van der Waals surface area contributed by atoms with Gasteiger partial charge in [-0.05, 0) is 24.6 Å². The number of aryl methyl sites for hydroxylation is 1. The van der Waals surface area contributed by atoms with Crippen LogP contribution in [0.5, 0.6) is 0 Å². The van der Waals surface area contributed by atoms with E-state index in [0.717, 1.165) is 24.5 Å². The minimum absolute atomic E-state index is 0.339. The van der Waals surface area contributed by atoms with Gasteiger partial charge in [-0.3, -0.25) is 0 Å². The molecule has 1 unspecified atom stereocenters. The first-order valence-electron chi connectivity index (χ1n) is 6.15. The van der Waals surface area contributed by atoms with Crippen molar-refractivity contribution >= 4 is 0 Å². The lowest BCUT2D eigenvalue weighted by atomic mass is 10.1. The molecule has 2 aromatic rings. The Hall–Kier alpha value is -1.54. The highest BCUT2D eigenvalue weighted by atomic mass is 16.3. The number of nitrogens with one attached hydrogen (secondary N) is 1. The first-order chi connectivity index (χ1) is 8.29. The predicted octanol–water partition coefficient (Wildman–Crippen LogP) is 3.69. The first kappa shape index (κ1) is 11.9. The van der Waals surface area contributed by atoms with Gasteiger partial charge in [-0.25, -0.2) is 0 Å². The Kier molecular flexibility index (Phi) is 3.99. The highest BCUT2D eigenvalue weighted by Gasteiger charge is 2.05. The van der Waals surface area contributed by atoms with Crippen LogP contribution in [-0.4, -0.2) is 0 Å². The van der Waals surface area contributed by atoms with Crippen LogP contribution < -0.4 is 5.32 Å². The number of benzene rings is 1. The van der Waals surface area contributed by atoms with Crippen LogP contribution in [0.4, 0.5) is 0 Å². The molecule has 17 heavy (non-hydrogen) atoms. The number of hydrogen-bond acceptors (Lipinski definition) is 2. The van der Waals surface area contributed by atoms with E-state index in [1.54, 1.807) is 0 Å². The lowest BCUT2D eigenvalue weighted by Crippen LogP contribution is -2.17. The van der Waals surface area contributed by atoms with Crippen LogP contribution in [0.2, 0.25) is 0 Å². The lowest BCUT2D eigenvalue weighted by Gasteiger charge is -2.12. The molecular weight excluding hydrogens is 210 g/mol. The molecule has 0 aliphatic carbocycles. The standard InChI is InChI=1S/C15H19NO/c1-3-14-9-10-15(17-14)11-16-12(2)13-7-5-4-6-8-13/h4-10,12,16H,3,11H2,1-2H3. The Morgan fingerprint density at radius 1 is 1.06 bits per heavy atom. The van der Waals surface area contributed by atoms with E-state index in [0.29, 0.717) is 6.04 Å². The highest BCUT2D eigenvalue weighted by molar-refractivity contribution is 5.18. The molecule has 1 aromatic heterocycles. The fraction of sp³-hybridized carbons (Fsp3) is 0.333. The molecule has 0 radical (unpaired) electrons. The van der Waals surface area contributed by atoms with E-state index in [9.17, 15) is 0 Å². The number of hydrogen-bond donors (Lipinski definition) is 1. The molecule has 1 N–H and O–H groups in total. The zero-order valence-electron chi connectivity index (χ0n) is 10.4. The van der Waals surface area contributed by atoms with Crippen molar-refractivity contribution in [2.75, 3.05) is 0 Å². The predicted molar refractivity (Wildman–Crippen MR) is 69.8 cm³/mol. The van der Waals surface area contributed by atoms with E-state index >= 15 is 0 Å². The Morgan fingerprint density at radius 2 is 1.76 bits per heavy atom. The quantitative estimate of drug-likeness (QED) is 0.845. The third-order valence-electron chi connectivity index (χ3n) is 2.95. The second-order valence-electron chi connectivity index (χ2n) is 4.23. The summed E-state index contributed by atoms with van der Waals surface area (Å²) in [5.41, 5.74) is 1.30. The zero-order valence-corrected chi connectivity index (χ0v) is 10.4. The van der Waals surface area contributed by atoms with Crippen molar-refractivity contribution in [3.05, 3.63) is 59.5 Å². The zero-order chi connectivity index (χ0) is 12.1. The molecule has 2 nitrogen and oxygen atoms in total. The van der Waals surface area contributed by atoms with Gasteiger partial charge in [0.1, 0.15) is 11.5 Å². The molecule has 0 fully saturated rings. The Labute approximate surface area is 103 Å². The van der Waals surface area contributed by atoms with Crippen LogP contribution in [0.25, 0.3) is 0 Å². The fourth-order valence-corrected chi connectivity index (χ4v) is 1.82. The molecule has 2 rings (SSSR count). The van der Waals surface area contributed by atoms with Crippen molar-refractivity contribution in [2.24, 2.45) is 0 Å². The van der Waals surface area contributed by atoms with Gasteiger partial charge in [0.2, 0.25) is 0 Å². The van der Waals surface area contributed by atoms with Crippen molar-refractivity contribution < 1.29 is 4.42 Å². The van der Waals surface area contributed by atoms with Gasteiger partial charge in [0.15, 0.2) is 0 Å². The average molecular weight is 229 g/mol. The highest BCUT2D eigenvalue weighted by Crippen LogP contribution is 2.13. The summed E-state index contributed by atoms with van der Waals surface area (Å²) in [4.78, 5) is 0. The summed E-state index contributed by atoms with van der Waals surface area (Å²) in [6.45, 7) is 5.04. The molecule has 1 heterocycles. The third-order valence-corrected chi connectivity index (χ3v) is 2.95. The van der Waals surface area contributed by atoms with Gasteiger partial charge in [0.05, 0.1) is 6.54 Å². The monoisotopic (exact) mass is 229 g/mol. The lowest BCUT2D eigenvalue weighted by molar-refractivity contribution is 0.435. The van der Waals surface area contributed by atoms with E-state index in [2.05, 4.69) is 43.4 Å². The Bertz CT molecular complexity index is 447. The van der Waals surface area contributed by atoms with E-state index in [-0.39, 0.29) is 0 Å². The van der Waals surface area contributed by atoms with Crippen LogP contribution in [0.15, 0.2) is 46.9 Å². The minimum Gasteiger partial charge on any atom is -0.465 e. The van der Waals surface area contributed by atoms with Gasteiger partial charge in [-0.15, -0.1) is 0 Å². The second kappa shape index (κ2) is 5.69. The van der Waals surface area contributed by atoms with Gasteiger partial charge in [-0.1, -0.05) is 37.3 Å². The third kappa shape index (κ3) is 3.21.